The zero-order chi connectivity index (χ0) is 7.42. The molecule has 1 N–H and O–H groups in total. The fourth-order valence-corrected chi connectivity index (χ4v) is 4.03. The van der Waals surface area contributed by atoms with Gasteiger partial charge in [0.2, 0.25) is 0 Å². The van der Waals surface area contributed by atoms with E-state index in [0.717, 1.165) is 24.2 Å². The molecule has 0 unspecified atom stereocenters. The van der Waals surface area contributed by atoms with Gasteiger partial charge in [0.25, 0.3) is 0 Å². The maximum absolute atomic E-state index is 9.67. The van der Waals surface area contributed by atoms with E-state index >= 15 is 0 Å². The normalized spacial score (nSPS) is 60.3. The second-order valence-electron chi connectivity index (χ2n) is 4.72. The van der Waals surface area contributed by atoms with Crippen molar-refractivity contribution in [2.45, 2.75) is 38.2 Å². The lowest BCUT2D eigenvalue weighted by molar-refractivity contribution is 0.0642. The zero-order valence-corrected chi connectivity index (χ0v) is 6.87. The van der Waals surface area contributed by atoms with Crippen molar-refractivity contribution in [3.8, 4) is 0 Å². The largest absolute Gasteiger partial charge is 0.393 e. The minimum absolute atomic E-state index is 0.0827. The molecule has 5 atom stereocenters. The molecule has 0 aromatic rings. The third kappa shape index (κ3) is 0.703. The van der Waals surface area contributed by atoms with Crippen molar-refractivity contribution in [3.63, 3.8) is 0 Å². The minimum Gasteiger partial charge on any atom is -0.393 e. The highest BCUT2D eigenvalue weighted by atomic mass is 16.3. The summed E-state index contributed by atoms with van der Waals surface area (Å²) in [6.45, 7) is 0. The molecule has 0 amide bonds. The Hall–Kier alpha value is -0.0400. The van der Waals surface area contributed by atoms with E-state index < -0.39 is 0 Å². The van der Waals surface area contributed by atoms with Crippen LogP contribution in [0.25, 0.3) is 0 Å². The van der Waals surface area contributed by atoms with Crippen LogP contribution in [-0.2, 0) is 0 Å². The summed E-state index contributed by atoms with van der Waals surface area (Å²) in [5.41, 5.74) is 0. The molecule has 0 radical (unpaired) electrons. The van der Waals surface area contributed by atoms with E-state index in [1.165, 1.54) is 25.7 Å². The van der Waals surface area contributed by atoms with Gasteiger partial charge in [-0.3, -0.25) is 0 Å². The SMILES string of the molecule is O[C@@H]1C[C@@H]2C[C@@H]1[C@@H]1CCC[C@@H]21. The zero-order valence-electron chi connectivity index (χ0n) is 6.87. The van der Waals surface area contributed by atoms with Crippen LogP contribution < -0.4 is 0 Å². The number of aliphatic hydroxyl groups excluding tert-OH is 1. The van der Waals surface area contributed by atoms with Crippen molar-refractivity contribution >= 4 is 0 Å². The van der Waals surface area contributed by atoms with Gasteiger partial charge in [-0.25, -0.2) is 0 Å². The minimum atomic E-state index is 0.0827. The molecule has 0 heterocycles. The van der Waals surface area contributed by atoms with E-state index in [-0.39, 0.29) is 6.10 Å². The van der Waals surface area contributed by atoms with Gasteiger partial charge in [0, 0.05) is 0 Å². The first-order valence-electron chi connectivity index (χ1n) is 5.04. The van der Waals surface area contributed by atoms with Gasteiger partial charge >= 0.3 is 0 Å². The van der Waals surface area contributed by atoms with E-state index in [2.05, 4.69) is 0 Å². The smallest absolute Gasteiger partial charge is 0.0574 e. The molecule has 3 saturated carbocycles. The second kappa shape index (κ2) is 2.01. The van der Waals surface area contributed by atoms with E-state index in [0.29, 0.717) is 5.92 Å². The maximum Gasteiger partial charge on any atom is 0.0574 e. The van der Waals surface area contributed by atoms with Gasteiger partial charge in [0.05, 0.1) is 6.10 Å². The molecule has 0 saturated heterocycles. The third-order valence-corrected chi connectivity index (χ3v) is 4.39. The van der Waals surface area contributed by atoms with Crippen molar-refractivity contribution in [2.24, 2.45) is 23.7 Å². The molecule has 0 aromatic heterocycles. The van der Waals surface area contributed by atoms with Gasteiger partial charge < -0.3 is 5.11 Å². The molecule has 2 bridgehead atoms. The van der Waals surface area contributed by atoms with E-state index in [1.807, 2.05) is 0 Å². The van der Waals surface area contributed by atoms with Gasteiger partial charge in [-0.1, -0.05) is 6.42 Å². The Balaban J connectivity index is 1.90. The summed E-state index contributed by atoms with van der Waals surface area (Å²) in [5, 5.41) is 9.67. The van der Waals surface area contributed by atoms with Crippen LogP contribution in [0.4, 0.5) is 0 Å². The van der Waals surface area contributed by atoms with Crippen molar-refractivity contribution in [1.29, 1.82) is 0 Å². The van der Waals surface area contributed by atoms with E-state index in [1.54, 1.807) is 0 Å². The summed E-state index contributed by atoms with van der Waals surface area (Å²) in [7, 11) is 0. The molecule has 1 heteroatoms. The van der Waals surface area contributed by atoms with Crippen LogP contribution in [0.5, 0.6) is 0 Å². The molecule has 62 valence electrons. The number of hydrogen-bond donors (Lipinski definition) is 1. The highest BCUT2D eigenvalue weighted by molar-refractivity contribution is 5.02. The van der Waals surface area contributed by atoms with Crippen LogP contribution in [0.1, 0.15) is 32.1 Å². The topological polar surface area (TPSA) is 20.2 Å². The Kier molecular flexibility index (Phi) is 1.18. The Morgan fingerprint density at radius 3 is 2.64 bits per heavy atom. The molecule has 0 aliphatic heterocycles. The fourth-order valence-electron chi connectivity index (χ4n) is 4.03. The Morgan fingerprint density at radius 1 is 0.909 bits per heavy atom. The van der Waals surface area contributed by atoms with Gasteiger partial charge in [0.15, 0.2) is 0 Å². The summed E-state index contributed by atoms with van der Waals surface area (Å²) < 4.78 is 0. The van der Waals surface area contributed by atoms with Crippen LogP contribution in [0.2, 0.25) is 0 Å². The molecular formula is C10H16O. The summed E-state index contributed by atoms with van der Waals surface area (Å²) in [6.07, 6.45) is 6.90. The summed E-state index contributed by atoms with van der Waals surface area (Å²) in [4.78, 5) is 0. The number of hydrogen-bond acceptors (Lipinski definition) is 1. The number of fused-ring (bicyclic) bond motifs is 5. The van der Waals surface area contributed by atoms with E-state index in [4.69, 9.17) is 0 Å². The Bertz CT molecular complexity index is 178. The van der Waals surface area contributed by atoms with Crippen molar-refractivity contribution < 1.29 is 5.11 Å². The van der Waals surface area contributed by atoms with Crippen molar-refractivity contribution in [1.82, 2.24) is 0 Å². The van der Waals surface area contributed by atoms with Crippen molar-refractivity contribution in [2.75, 3.05) is 0 Å². The number of rotatable bonds is 0. The van der Waals surface area contributed by atoms with Gasteiger partial charge in [-0.15, -0.1) is 0 Å². The predicted molar refractivity (Wildman–Crippen MR) is 43.1 cm³/mol. The molecule has 1 nitrogen and oxygen atoms in total. The maximum atomic E-state index is 9.67. The highest BCUT2D eigenvalue weighted by Gasteiger charge is 2.53. The molecule has 3 fully saturated rings. The molecule has 3 aliphatic carbocycles. The molecule has 3 rings (SSSR count). The lowest BCUT2D eigenvalue weighted by Gasteiger charge is -2.28. The Morgan fingerprint density at radius 2 is 1.73 bits per heavy atom. The van der Waals surface area contributed by atoms with Gasteiger partial charge in [-0.05, 0) is 49.4 Å². The molecule has 0 spiro atoms. The highest BCUT2D eigenvalue weighted by Crippen LogP contribution is 2.58. The van der Waals surface area contributed by atoms with Crippen LogP contribution in [-0.4, -0.2) is 11.2 Å². The first-order valence-corrected chi connectivity index (χ1v) is 5.04. The van der Waals surface area contributed by atoms with Crippen LogP contribution in [0.15, 0.2) is 0 Å². The number of aliphatic hydroxyl groups is 1. The lowest BCUT2D eigenvalue weighted by atomic mass is 9.80. The van der Waals surface area contributed by atoms with Crippen LogP contribution >= 0.6 is 0 Å². The summed E-state index contributed by atoms with van der Waals surface area (Å²) >= 11 is 0. The molecule has 3 aliphatic rings. The molecular weight excluding hydrogens is 136 g/mol. The van der Waals surface area contributed by atoms with Gasteiger partial charge in [0.1, 0.15) is 0 Å². The Labute approximate surface area is 67.8 Å². The predicted octanol–water partition coefficient (Wildman–Crippen LogP) is 1.80. The lowest BCUT2D eigenvalue weighted by Crippen LogP contribution is -2.27. The second-order valence-corrected chi connectivity index (χ2v) is 4.72. The summed E-state index contributed by atoms with van der Waals surface area (Å²) in [6, 6.07) is 0. The first kappa shape index (κ1) is 6.47. The standard InChI is InChI=1S/C10H16O/c11-10-5-6-4-9(10)8-3-1-2-7(6)8/h6-11H,1-5H2/t6-,7-,8+,9+,10+/m0/s1. The third-order valence-electron chi connectivity index (χ3n) is 4.39. The molecule has 0 aromatic carbocycles. The van der Waals surface area contributed by atoms with Gasteiger partial charge in [-0.2, -0.15) is 0 Å². The van der Waals surface area contributed by atoms with E-state index in [9.17, 15) is 5.11 Å². The quantitative estimate of drug-likeness (QED) is 0.561. The first-order chi connectivity index (χ1) is 5.36. The average Bonchev–Trinajstić information content (AvgIpc) is 2.52. The van der Waals surface area contributed by atoms with Crippen LogP contribution in [0, 0.1) is 23.7 Å². The molecule has 11 heavy (non-hydrogen) atoms. The average molecular weight is 152 g/mol. The monoisotopic (exact) mass is 152 g/mol. The fraction of sp³-hybridized carbons (Fsp3) is 1.00. The van der Waals surface area contributed by atoms with Crippen molar-refractivity contribution in [3.05, 3.63) is 0 Å². The van der Waals surface area contributed by atoms with Crippen LogP contribution in [0.3, 0.4) is 0 Å². The summed E-state index contributed by atoms with van der Waals surface area (Å²) in [5.74, 6) is 3.60.